The van der Waals surface area contributed by atoms with E-state index in [1.54, 1.807) is 0 Å². The predicted octanol–water partition coefficient (Wildman–Crippen LogP) is 3.62. The van der Waals surface area contributed by atoms with Gasteiger partial charge in [-0.2, -0.15) is 9.19 Å². The van der Waals surface area contributed by atoms with Crippen LogP contribution in [0.15, 0.2) is 30.6 Å². The molecule has 0 N–H and O–H groups in total. The van der Waals surface area contributed by atoms with Crippen LogP contribution in [0.3, 0.4) is 0 Å². The number of hydrogen-bond acceptors (Lipinski definition) is 5. The fourth-order valence-electron chi connectivity index (χ4n) is 1.23. The summed E-state index contributed by atoms with van der Waals surface area (Å²) in [6.45, 7) is 0. The molecule has 9 heteroatoms. The van der Waals surface area contributed by atoms with E-state index in [9.17, 15) is 14.0 Å². The van der Waals surface area contributed by atoms with E-state index in [-0.39, 0.29) is 34.5 Å². The van der Waals surface area contributed by atoms with E-state index in [0.717, 1.165) is 4.09 Å². The minimum absolute atomic E-state index is 0.0973. The minimum Gasteiger partial charge on any atom is -0.454 e. The van der Waals surface area contributed by atoms with Crippen molar-refractivity contribution in [3.63, 3.8) is 0 Å². The van der Waals surface area contributed by atoms with Crippen molar-refractivity contribution in [2.45, 2.75) is 0 Å². The lowest BCUT2D eigenvalue weighted by atomic mass is 10.3. The number of hydrogen-bond donors (Lipinski definition) is 0. The average Bonchev–Trinajstić information content (AvgIpc) is 2.76. The molecule has 2 aromatic rings. The van der Waals surface area contributed by atoms with Gasteiger partial charge in [-0.05, 0) is 6.07 Å². The van der Waals surface area contributed by atoms with E-state index in [1.807, 2.05) is 0 Å². The van der Waals surface area contributed by atoms with Gasteiger partial charge >= 0.3 is 0 Å². The fraction of sp³-hybridized carbons (Fsp3) is 0. The van der Waals surface area contributed by atoms with Crippen LogP contribution in [0.4, 0.5) is 9.57 Å². The van der Waals surface area contributed by atoms with Gasteiger partial charge in [-0.3, -0.25) is 10.1 Å². The number of halogens is 2. The van der Waals surface area contributed by atoms with Gasteiger partial charge in [-0.25, -0.2) is 0 Å². The lowest BCUT2D eigenvalue weighted by molar-refractivity contribution is -0.384. The molecule has 0 unspecified atom stereocenters. The molecule has 18 heavy (non-hydrogen) atoms. The SMILES string of the molecule is O=[N+]([O-])c1cc(Cl)cc(Oc2cnn(SF)c2)c1. The van der Waals surface area contributed by atoms with Gasteiger partial charge in [0.2, 0.25) is 0 Å². The highest BCUT2D eigenvalue weighted by Gasteiger charge is 2.11. The molecule has 0 spiro atoms. The number of rotatable bonds is 4. The van der Waals surface area contributed by atoms with E-state index in [4.69, 9.17) is 16.3 Å². The maximum atomic E-state index is 12.2. The number of non-ortho nitro benzene ring substituents is 1. The molecule has 0 amide bonds. The summed E-state index contributed by atoms with van der Waals surface area (Å²) in [7, 11) is 0. The molecule has 0 radical (unpaired) electrons. The largest absolute Gasteiger partial charge is 0.454 e. The van der Waals surface area contributed by atoms with Gasteiger partial charge < -0.3 is 4.74 Å². The topological polar surface area (TPSA) is 70.2 Å². The summed E-state index contributed by atoms with van der Waals surface area (Å²) in [5.41, 5.74) is -0.190. The van der Waals surface area contributed by atoms with E-state index in [0.29, 0.717) is 0 Å². The molecule has 0 aliphatic heterocycles. The Morgan fingerprint density at radius 3 is 2.83 bits per heavy atom. The Morgan fingerprint density at radius 2 is 2.22 bits per heavy atom. The van der Waals surface area contributed by atoms with E-state index >= 15 is 0 Å². The second-order valence-corrected chi connectivity index (χ2v) is 4.10. The quantitative estimate of drug-likeness (QED) is 0.635. The van der Waals surface area contributed by atoms with Gasteiger partial charge in [0, 0.05) is 6.07 Å². The second kappa shape index (κ2) is 5.23. The number of ether oxygens (including phenoxy) is 1. The molecule has 0 fully saturated rings. The van der Waals surface area contributed by atoms with E-state index < -0.39 is 4.92 Å². The zero-order valence-corrected chi connectivity index (χ0v) is 10.2. The van der Waals surface area contributed by atoms with Crippen LogP contribution in [0.5, 0.6) is 11.5 Å². The van der Waals surface area contributed by atoms with Crippen molar-refractivity contribution in [1.29, 1.82) is 0 Å². The number of nitro benzene ring substituents is 1. The van der Waals surface area contributed by atoms with Crippen LogP contribution in [0.25, 0.3) is 0 Å². The van der Waals surface area contributed by atoms with Crippen LogP contribution < -0.4 is 4.74 Å². The minimum atomic E-state index is -0.584. The molecule has 0 atom stereocenters. The summed E-state index contributed by atoms with van der Waals surface area (Å²) < 4.78 is 18.4. The van der Waals surface area contributed by atoms with Crippen molar-refractivity contribution < 1.29 is 13.5 Å². The first-order valence-corrected chi connectivity index (χ1v) is 5.60. The second-order valence-electron chi connectivity index (χ2n) is 3.15. The molecule has 1 heterocycles. The Labute approximate surface area is 110 Å². The number of benzene rings is 1. The standard InChI is InChI=1S/C9H5ClFN3O3S/c10-6-1-7(14(15)16)3-8(2-6)17-9-4-12-13(5-9)18-11/h1-5H. The Balaban J connectivity index is 2.25. The third-order valence-electron chi connectivity index (χ3n) is 1.91. The van der Waals surface area contributed by atoms with Gasteiger partial charge in [0.1, 0.15) is 5.75 Å². The summed E-state index contributed by atoms with van der Waals surface area (Å²) >= 11 is 5.63. The highest BCUT2D eigenvalue weighted by Crippen LogP contribution is 2.29. The molecule has 94 valence electrons. The summed E-state index contributed by atoms with van der Waals surface area (Å²) in [4.78, 5) is 10.0. The van der Waals surface area contributed by atoms with Gasteiger partial charge in [0.25, 0.3) is 5.69 Å². The highest BCUT2D eigenvalue weighted by atomic mass is 35.5. The van der Waals surface area contributed by atoms with Gasteiger partial charge in [0.05, 0.1) is 28.4 Å². The van der Waals surface area contributed by atoms with Gasteiger partial charge in [-0.1, -0.05) is 11.6 Å². The molecular weight excluding hydrogens is 285 g/mol. The van der Waals surface area contributed by atoms with Crippen LogP contribution >= 0.6 is 23.9 Å². The maximum Gasteiger partial charge on any atom is 0.274 e. The van der Waals surface area contributed by atoms with Crippen LogP contribution in [-0.4, -0.2) is 14.1 Å². The van der Waals surface area contributed by atoms with Crippen LogP contribution in [-0.2, 0) is 0 Å². The summed E-state index contributed by atoms with van der Waals surface area (Å²) in [5, 5.41) is 14.4. The van der Waals surface area contributed by atoms with Crippen molar-refractivity contribution in [2.75, 3.05) is 0 Å². The van der Waals surface area contributed by atoms with Crippen LogP contribution in [0.2, 0.25) is 5.02 Å². The van der Waals surface area contributed by atoms with Gasteiger partial charge in [-0.15, -0.1) is 3.89 Å². The maximum absolute atomic E-state index is 12.2. The Hall–Kier alpha value is -1.80. The fourth-order valence-corrected chi connectivity index (χ4v) is 1.67. The first kappa shape index (κ1) is 12.7. The molecule has 0 saturated heterocycles. The monoisotopic (exact) mass is 289 g/mol. The van der Waals surface area contributed by atoms with Crippen molar-refractivity contribution in [3.05, 3.63) is 45.7 Å². The third kappa shape index (κ3) is 2.90. The van der Waals surface area contributed by atoms with Crippen molar-refractivity contribution in [2.24, 2.45) is 0 Å². The predicted molar refractivity (Wildman–Crippen MR) is 64.5 cm³/mol. The summed E-state index contributed by atoms with van der Waals surface area (Å²) in [6, 6.07) is 3.83. The Morgan fingerprint density at radius 1 is 1.44 bits per heavy atom. The average molecular weight is 290 g/mol. The smallest absolute Gasteiger partial charge is 0.274 e. The van der Waals surface area contributed by atoms with Crippen molar-refractivity contribution >= 4 is 29.6 Å². The third-order valence-corrected chi connectivity index (χ3v) is 2.47. The highest BCUT2D eigenvalue weighted by molar-refractivity contribution is 7.92. The molecule has 1 aromatic carbocycles. The van der Waals surface area contributed by atoms with Gasteiger partial charge in [0.15, 0.2) is 18.1 Å². The summed E-state index contributed by atoms with van der Waals surface area (Å²) in [6.07, 6.45) is 2.57. The molecule has 0 aliphatic carbocycles. The lowest BCUT2D eigenvalue weighted by Gasteiger charge is -2.02. The first-order chi connectivity index (χ1) is 8.58. The van der Waals surface area contributed by atoms with Crippen molar-refractivity contribution in [3.8, 4) is 11.5 Å². The number of aromatic nitrogens is 2. The molecule has 0 bridgehead atoms. The number of nitro groups is 1. The molecule has 6 nitrogen and oxygen atoms in total. The zero-order valence-electron chi connectivity index (χ0n) is 8.62. The molecule has 0 saturated carbocycles. The normalized spacial score (nSPS) is 10.3. The first-order valence-electron chi connectivity index (χ1n) is 4.55. The number of nitrogens with zero attached hydrogens (tertiary/aromatic N) is 3. The Bertz CT molecular complexity index is 592. The molecule has 2 rings (SSSR count). The van der Waals surface area contributed by atoms with Crippen LogP contribution in [0, 0.1) is 10.1 Å². The molecular formula is C9H5ClFN3O3S. The van der Waals surface area contributed by atoms with Crippen molar-refractivity contribution in [1.82, 2.24) is 9.19 Å². The molecule has 1 aromatic heterocycles. The molecule has 0 aliphatic rings. The lowest BCUT2D eigenvalue weighted by Crippen LogP contribution is -1.89. The Kier molecular flexibility index (Phi) is 3.68. The van der Waals surface area contributed by atoms with E-state index in [1.165, 1.54) is 30.6 Å². The zero-order chi connectivity index (χ0) is 13.1. The summed E-state index contributed by atoms with van der Waals surface area (Å²) in [5.74, 6) is 0.425. The van der Waals surface area contributed by atoms with Crippen LogP contribution in [0.1, 0.15) is 0 Å². The van der Waals surface area contributed by atoms with E-state index in [2.05, 4.69) is 5.10 Å².